The van der Waals surface area contributed by atoms with Crippen molar-refractivity contribution in [1.82, 2.24) is 0 Å². The van der Waals surface area contributed by atoms with Gasteiger partial charge in [0.05, 0.1) is 19.6 Å². The fraction of sp³-hybridized carbons (Fsp3) is 0.562. The van der Waals surface area contributed by atoms with Crippen LogP contribution in [0.5, 0.6) is 5.75 Å². The number of benzene rings is 1. The van der Waals surface area contributed by atoms with Crippen molar-refractivity contribution in [3.63, 3.8) is 0 Å². The predicted molar refractivity (Wildman–Crippen MR) is 76.4 cm³/mol. The molecule has 1 aromatic rings. The molecule has 0 N–H and O–H groups in total. The maximum Gasteiger partial charge on any atom is 0.310 e. The summed E-state index contributed by atoms with van der Waals surface area (Å²) >= 11 is 0. The number of hydrogen-bond acceptors (Lipinski definition) is 3. The zero-order valence-electron chi connectivity index (χ0n) is 12.0. The van der Waals surface area contributed by atoms with E-state index >= 15 is 0 Å². The van der Waals surface area contributed by atoms with E-state index < -0.39 is 0 Å². The van der Waals surface area contributed by atoms with E-state index in [1.807, 2.05) is 24.3 Å². The minimum Gasteiger partial charge on any atom is -0.494 e. The number of esters is 1. The van der Waals surface area contributed by atoms with Gasteiger partial charge >= 0.3 is 5.97 Å². The summed E-state index contributed by atoms with van der Waals surface area (Å²) in [7, 11) is 0. The average molecular weight is 264 g/mol. The van der Waals surface area contributed by atoms with E-state index in [0.29, 0.717) is 13.0 Å². The molecule has 0 aliphatic heterocycles. The summed E-state index contributed by atoms with van der Waals surface area (Å²) in [5, 5.41) is 0. The second-order valence-corrected chi connectivity index (χ2v) is 4.60. The van der Waals surface area contributed by atoms with Crippen molar-refractivity contribution in [3.8, 4) is 5.75 Å². The molecule has 1 aromatic carbocycles. The lowest BCUT2D eigenvalue weighted by molar-refractivity contribution is -0.142. The van der Waals surface area contributed by atoms with Crippen molar-refractivity contribution in [2.75, 3.05) is 13.2 Å². The smallest absolute Gasteiger partial charge is 0.310 e. The predicted octanol–water partition coefficient (Wildman–Crippen LogP) is 3.75. The number of unbranched alkanes of at least 4 members (excludes halogenated alkanes) is 2. The standard InChI is InChI=1S/C16H24O3/c1-3-5-11-18-15-9-7-14(8-10-15)13-16(17)19-12-6-4-2/h7-10H,3-6,11-13H2,1-2H3. The minimum atomic E-state index is -0.159. The second kappa shape index (κ2) is 9.42. The minimum absolute atomic E-state index is 0.159. The molecule has 3 nitrogen and oxygen atoms in total. The van der Waals surface area contributed by atoms with E-state index in [4.69, 9.17) is 9.47 Å². The third-order valence-corrected chi connectivity index (χ3v) is 2.80. The Morgan fingerprint density at radius 1 is 1.00 bits per heavy atom. The van der Waals surface area contributed by atoms with Crippen molar-refractivity contribution in [3.05, 3.63) is 29.8 Å². The van der Waals surface area contributed by atoms with E-state index in [1.54, 1.807) is 0 Å². The van der Waals surface area contributed by atoms with Gasteiger partial charge in [0.25, 0.3) is 0 Å². The van der Waals surface area contributed by atoms with E-state index in [-0.39, 0.29) is 5.97 Å². The van der Waals surface area contributed by atoms with Gasteiger partial charge in [-0.2, -0.15) is 0 Å². The summed E-state index contributed by atoms with van der Waals surface area (Å²) in [6, 6.07) is 7.65. The van der Waals surface area contributed by atoms with Crippen LogP contribution in [0.4, 0.5) is 0 Å². The van der Waals surface area contributed by atoms with Crippen LogP contribution >= 0.6 is 0 Å². The largest absolute Gasteiger partial charge is 0.494 e. The van der Waals surface area contributed by atoms with E-state index in [9.17, 15) is 4.79 Å². The molecule has 0 amide bonds. The van der Waals surface area contributed by atoms with Crippen molar-refractivity contribution in [1.29, 1.82) is 0 Å². The highest BCUT2D eigenvalue weighted by Crippen LogP contribution is 2.13. The summed E-state index contributed by atoms with van der Waals surface area (Å²) in [6.07, 6.45) is 4.49. The molecule has 0 unspecified atom stereocenters. The summed E-state index contributed by atoms with van der Waals surface area (Å²) in [6.45, 7) is 5.48. The molecule has 0 aliphatic rings. The third kappa shape index (κ3) is 6.85. The highest BCUT2D eigenvalue weighted by Gasteiger charge is 2.04. The number of carbonyl (C=O) groups is 1. The van der Waals surface area contributed by atoms with Gasteiger partial charge in [0.15, 0.2) is 0 Å². The molecule has 0 bridgehead atoms. The van der Waals surface area contributed by atoms with Crippen molar-refractivity contribution >= 4 is 5.97 Å². The Balaban J connectivity index is 2.32. The number of rotatable bonds is 9. The van der Waals surface area contributed by atoms with Gasteiger partial charge in [0.2, 0.25) is 0 Å². The summed E-state index contributed by atoms with van der Waals surface area (Å²) < 4.78 is 10.7. The summed E-state index contributed by atoms with van der Waals surface area (Å²) in [5.74, 6) is 0.699. The van der Waals surface area contributed by atoms with Crippen LogP contribution in [0.2, 0.25) is 0 Å². The van der Waals surface area contributed by atoms with Gasteiger partial charge in [-0.1, -0.05) is 38.8 Å². The summed E-state index contributed by atoms with van der Waals surface area (Å²) in [4.78, 5) is 11.5. The molecule has 0 fully saturated rings. The molecule has 106 valence electrons. The lowest BCUT2D eigenvalue weighted by Gasteiger charge is -2.07. The first kappa shape index (κ1) is 15.5. The van der Waals surface area contributed by atoms with Gasteiger partial charge in [-0.25, -0.2) is 0 Å². The molecule has 0 aliphatic carbocycles. The zero-order chi connectivity index (χ0) is 13.9. The van der Waals surface area contributed by atoms with Gasteiger partial charge in [0, 0.05) is 0 Å². The molecule has 0 heterocycles. The van der Waals surface area contributed by atoms with Crippen LogP contribution in [0.3, 0.4) is 0 Å². The molecule has 0 radical (unpaired) electrons. The Hall–Kier alpha value is -1.51. The van der Waals surface area contributed by atoms with Crippen molar-refractivity contribution in [2.45, 2.75) is 46.0 Å². The topological polar surface area (TPSA) is 35.5 Å². The molecule has 19 heavy (non-hydrogen) atoms. The Morgan fingerprint density at radius 2 is 1.63 bits per heavy atom. The van der Waals surface area contributed by atoms with E-state index in [0.717, 1.165) is 43.6 Å². The van der Waals surface area contributed by atoms with Crippen LogP contribution in [-0.4, -0.2) is 19.2 Å². The van der Waals surface area contributed by atoms with Gasteiger partial charge in [-0.3, -0.25) is 4.79 Å². The van der Waals surface area contributed by atoms with Gasteiger partial charge in [-0.15, -0.1) is 0 Å². The lowest BCUT2D eigenvalue weighted by atomic mass is 10.1. The highest BCUT2D eigenvalue weighted by molar-refractivity contribution is 5.72. The molecule has 0 aromatic heterocycles. The van der Waals surface area contributed by atoms with Crippen molar-refractivity contribution in [2.24, 2.45) is 0 Å². The van der Waals surface area contributed by atoms with Crippen LogP contribution in [0.25, 0.3) is 0 Å². The van der Waals surface area contributed by atoms with Crippen LogP contribution in [0, 0.1) is 0 Å². The van der Waals surface area contributed by atoms with Gasteiger partial charge < -0.3 is 9.47 Å². The SMILES string of the molecule is CCCCOC(=O)Cc1ccc(OCCCC)cc1. The monoisotopic (exact) mass is 264 g/mol. The second-order valence-electron chi connectivity index (χ2n) is 4.60. The highest BCUT2D eigenvalue weighted by atomic mass is 16.5. The Bertz CT molecular complexity index is 357. The Morgan fingerprint density at radius 3 is 2.26 bits per heavy atom. The van der Waals surface area contributed by atoms with E-state index in [2.05, 4.69) is 13.8 Å². The molecule has 3 heteroatoms. The molecule has 0 atom stereocenters. The molecular weight excluding hydrogens is 240 g/mol. The zero-order valence-corrected chi connectivity index (χ0v) is 12.0. The average Bonchev–Trinajstić information content (AvgIpc) is 2.41. The van der Waals surface area contributed by atoms with Gasteiger partial charge in [0.1, 0.15) is 5.75 Å². The first-order chi connectivity index (χ1) is 9.26. The molecule has 0 spiro atoms. The fourth-order valence-electron chi connectivity index (χ4n) is 1.59. The van der Waals surface area contributed by atoms with Crippen LogP contribution in [0.1, 0.15) is 45.1 Å². The number of carbonyl (C=O) groups excluding carboxylic acids is 1. The maximum absolute atomic E-state index is 11.5. The first-order valence-electron chi connectivity index (χ1n) is 7.13. The lowest BCUT2D eigenvalue weighted by Crippen LogP contribution is -2.08. The normalized spacial score (nSPS) is 10.2. The van der Waals surface area contributed by atoms with Crippen LogP contribution < -0.4 is 4.74 Å². The molecular formula is C16H24O3. The van der Waals surface area contributed by atoms with Crippen LogP contribution in [0.15, 0.2) is 24.3 Å². The molecule has 0 saturated carbocycles. The Labute approximate surface area is 115 Å². The quantitative estimate of drug-likeness (QED) is 0.503. The van der Waals surface area contributed by atoms with Crippen LogP contribution in [-0.2, 0) is 16.0 Å². The fourth-order valence-corrected chi connectivity index (χ4v) is 1.59. The number of ether oxygens (including phenoxy) is 2. The third-order valence-electron chi connectivity index (χ3n) is 2.80. The Kier molecular flexibility index (Phi) is 7.71. The number of hydrogen-bond donors (Lipinski definition) is 0. The molecule has 1 rings (SSSR count). The first-order valence-corrected chi connectivity index (χ1v) is 7.13. The molecule has 0 saturated heterocycles. The van der Waals surface area contributed by atoms with E-state index in [1.165, 1.54) is 0 Å². The summed E-state index contributed by atoms with van der Waals surface area (Å²) in [5.41, 5.74) is 0.962. The van der Waals surface area contributed by atoms with Gasteiger partial charge in [-0.05, 0) is 30.5 Å². The maximum atomic E-state index is 11.5. The van der Waals surface area contributed by atoms with Crippen molar-refractivity contribution < 1.29 is 14.3 Å².